The first-order valence-corrected chi connectivity index (χ1v) is 9.02. The third-order valence-electron chi connectivity index (χ3n) is 3.72. The Morgan fingerprint density at radius 2 is 1.96 bits per heavy atom. The number of nitrogens with one attached hydrogen (secondary N) is 1. The smallest absolute Gasteiger partial charge is 0.255 e. The number of benzene rings is 2. The molecule has 2 rings (SSSR count). The van der Waals surface area contributed by atoms with E-state index in [-0.39, 0.29) is 18.6 Å². The molecular weight excluding hydrogens is 412 g/mol. The van der Waals surface area contributed by atoms with Crippen molar-refractivity contribution in [2.45, 2.75) is 13.0 Å². The topological polar surface area (TPSA) is 90.7 Å². The van der Waals surface area contributed by atoms with E-state index in [1.807, 2.05) is 31.2 Å². The second-order valence-corrected chi connectivity index (χ2v) is 6.60. The quantitative estimate of drug-likeness (QED) is 0.626. The monoisotopic (exact) mass is 432 g/mol. The molecule has 0 aliphatic carbocycles. The second-order valence-electron chi connectivity index (χ2n) is 5.75. The lowest BCUT2D eigenvalue weighted by molar-refractivity contribution is -0.120. The van der Waals surface area contributed by atoms with E-state index in [0.717, 1.165) is 15.6 Å². The molecule has 1 unspecified atom stereocenters. The Kier molecular flexibility index (Phi) is 7.43. The zero-order chi connectivity index (χ0) is 19.8. The van der Waals surface area contributed by atoms with Crippen LogP contribution in [0.25, 0.3) is 6.08 Å². The van der Waals surface area contributed by atoms with Crippen molar-refractivity contribution in [2.24, 2.45) is 5.73 Å². The fourth-order valence-corrected chi connectivity index (χ4v) is 3.02. The highest BCUT2D eigenvalue weighted by Gasteiger charge is 2.10. The van der Waals surface area contributed by atoms with Gasteiger partial charge >= 0.3 is 0 Å². The van der Waals surface area contributed by atoms with Crippen LogP contribution in [0.3, 0.4) is 0 Å². The van der Waals surface area contributed by atoms with Crippen LogP contribution in [0.1, 0.15) is 24.1 Å². The summed E-state index contributed by atoms with van der Waals surface area (Å²) >= 11 is 3.48. The van der Waals surface area contributed by atoms with Crippen LogP contribution in [0, 0.1) is 0 Å². The second kappa shape index (κ2) is 9.78. The highest BCUT2D eigenvalue weighted by atomic mass is 79.9. The van der Waals surface area contributed by atoms with Gasteiger partial charge in [-0.05, 0) is 42.3 Å². The molecule has 27 heavy (non-hydrogen) atoms. The number of ether oxygens (including phenoxy) is 2. The normalized spacial score (nSPS) is 11.8. The minimum atomic E-state index is -0.572. The van der Waals surface area contributed by atoms with Crippen LogP contribution in [0.2, 0.25) is 0 Å². The fraction of sp³-hybridized carbons (Fsp3) is 0.200. The van der Waals surface area contributed by atoms with Gasteiger partial charge in [0.05, 0.1) is 13.2 Å². The highest BCUT2D eigenvalue weighted by molar-refractivity contribution is 9.10. The Morgan fingerprint density at radius 3 is 2.63 bits per heavy atom. The molecular formula is C20H21BrN2O4. The molecule has 0 bridgehead atoms. The molecule has 1 atom stereocenters. The van der Waals surface area contributed by atoms with Crippen LogP contribution < -0.4 is 20.5 Å². The Morgan fingerprint density at radius 1 is 1.22 bits per heavy atom. The van der Waals surface area contributed by atoms with Crippen molar-refractivity contribution in [3.05, 3.63) is 64.1 Å². The van der Waals surface area contributed by atoms with Gasteiger partial charge in [0.25, 0.3) is 5.91 Å². The third-order valence-corrected chi connectivity index (χ3v) is 4.44. The van der Waals surface area contributed by atoms with Gasteiger partial charge in [-0.1, -0.05) is 40.2 Å². The molecule has 0 spiro atoms. The average molecular weight is 433 g/mol. The maximum Gasteiger partial charge on any atom is 0.255 e. The molecule has 2 aromatic rings. The van der Waals surface area contributed by atoms with E-state index in [1.54, 1.807) is 24.3 Å². The lowest BCUT2D eigenvalue weighted by Gasteiger charge is -2.14. The van der Waals surface area contributed by atoms with Gasteiger partial charge in [-0.15, -0.1) is 0 Å². The zero-order valence-electron chi connectivity index (χ0n) is 15.1. The summed E-state index contributed by atoms with van der Waals surface area (Å²) in [7, 11) is 1.49. The third kappa shape index (κ3) is 6.14. The molecule has 0 aromatic heterocycles. The van der Waals surface area contributed by atoms with Crippen LogP contribution in [0.15, 0.2) is 53.0 Å². The van der Waals surface area contributed by atoms with E-state index in [2.05, 4.69) is 21.2 Å². The van der Waals surface area contributed by atoms with Gasteiger partial charge in [0.2, 0.25) is 5.91 Å². The van der Waals surface area contributed by atoms with Crippen LogP contribution in [0.4, 0.5) is 0 Å². The number of hydrogen-bond donors (Lipinski definition) is 2. The molecule has 0 aliphatic heterocycles. The van der Waals surface area contributed by atoms with Crippen LogP contribution >= 0.6 is 15.9 Å². The highest BCUT2D eigenvalue weighted by Crippen LogP contribution is 2.28. The van der Waals surface area contributed by atoms with Crippen LogP contribution in [-0.2, 0) is 9.59 Å². The Hall–Kier alpha value is -2.80. The summed E-state index contributed by atoms with van der Waals surface area (Å²) in [5.74, 6) is 0.0592. The summed E-state index contributed by atoms with van der Waals surface area (Å²) in [6.45, 7) is 1.68. The Balaban J connectivity index is 2.03. The SMILES string of the molecule is COc1cc(/C=C/C(=O)NC(C)c2ccccc2Br)ccc1OCC(N)=O. The molecule has 2 amide bonds. The number of carbonyl (C=O) groups excluding carboxylic acids is 2. The maximum absolute atomic E-state index is 12.2. The van der Waals surface area contributed by atoms with Crippen LogP contribution in [0.5, 0.6) is 11.5 Å². The molecule has 0 radical (unpaired) electrons. The number of methoxy groups -OCH3 is 1. The van der Waals surface area contributed by atoms with Gasteiger partial charge in [0.1, 0.15) is 0 Å². The average Bonchev–Trinajstić information content (AvgIpc) is 2.65. The number of carbonyl (C=O) groups is 2. The summed E-state index contributed by atoms with van der Waals surface area (Å²) in [4.78, 5) is 23.0. The summed E-state index contributed by atoms with van der Waals surface area (Å²) in [6.07, 6.45) is 3.12. The van der Waals surface area contributed by atoms with Crippen molar-refractivity contribution in [2.75, 3.05) is 13.7 Å². The summed E-state index contributed by atoms with van der Waals surface area (Å²) < 4.78 is 11.5. The number of rotatable bonds is 8. The molecule has 0 saturated heterocycles. The number of amides is 2. The van der Waals surface area contributed by atoms with E-state index in [0.29, 0.717) is 11.5 Å². The van der Waals surface area contributed by atoms with E-state index in [4.69, 9.17) is 15.2 Å². The van der Waals surface area contributed by atoms with Crippen molar-refractivity contribution >= 4 is 33.8 Å². The molecule has 142 valence electrons. The minimum Gasteiger partial charge on any atom is -0.493 e. The maximum atomic E-state index is 12.2. The fourth-order valence-electron chi connectivity index (χ4n) is 2.39. The van der Waals surface area contributed by atoms with E-state index >= 15 is 0 Å². The molecule has 0 fully saturated rings. The van der Waals surface area contributed by atoms with E-state index in [1.165, 1.54) is 13.2 Å². The number of hydrogen-bond acceptors (Lipinski definition) is 4. The summed E-state index contributed by atoms with van der Waals surface area (Å²) in [5, 5.41) is 2.92. The van der Waals surface area contributed by atoms with Gasteiger partial charge < -0.3 is 20.5 Å². The van der Waals surface area contributed by atoms with Crippen molar-refractivity contribution in [3.63, 3.8) is 0 Å². The lowest BCUT2D eigenvalue weighted by atomic mass is 10.1. The first kappa shape index (κ1) is 20.5. The summed E-state index contributed by atoms with van der Waals surface area (Å²) in [5.41, 5.74) is 6.82. The molecule has 0 aliphatic rings. The van der Waals surface area contributed by atoms with Gasteiger partial charge in [-0.2, -0.15) is 0 Å². The molecule has 7 heteroatoms. The van der Waals surface area contributed by atoms with Gasteiger partial charge in [-0.25, -0.2) is 0 Å². The number of primary amides is 1. The van der Waals surface area contributed by atoms with Crippen molar-refractivity contribution in [1.29, 1.82) is 0 Å². The largest absolute Gasteiger partial charge is 0.493 e. The molecule has 0 heterocycles. The minimum absolute atomic E-state index is 0.142. The van der Waals surface area contributed by atoms with E-state index < -0.39 is 5.91 Å². The van der Waals surface area contributed by atoms with Gasteiger partial charge in [-0.3, -0.25) is 9.59 Å². The number of nitrogens with two attached hydrogens (primary N) is 1. The first-order valence-electron chi connectivity index (χ1n) is 8.23. The van der Waals surface area contributed by atoms with Gasteiger partial charge in [0, 0.05) is 10.5 Å². The van der Waals surface area contributed by atoms with Crippen LogP contribution in [-0.4, -0.2) is 25.5 Å². The Bertz CT molecular complexity index is 852. The van der Waals surface area contributed by atoms with Gasteiger partial charge in [0.15, 0.2) is 18.1 Å². The lowest BCUT2D eigenvalue weighted by Crippen LogP contribution is -2.24. The summed E-state index contributed by atoms with van der Waals surface area (Å²) in [6, 6.07) is 12.7. The predicted molar refractivity (Wildman–Crippen MR) is 107 cm³/mol. The van der Waals surface area contributed by atoms with E-state index in [9.17, 15) is 9.59 Å². The molecule has 2 aromatic carbocycles. The number of halogens is 1. The molecule has 0 saturated carbocycles. The van der Waals surface area contributed by atoms with Crippen molar-refractivity contribution in [3.8, 4) is 11.5 Å². The van der Waals surface area contributed by atoms with Crippen molar-refractivity contribution in [1.82, 2.24) is 5.32 Å². The van der Waals surface area contributed by atoms with Crippen molar-refractivity contribution < 1.29 is 19.1 Å². The standard InChI is InChI=1S/C20H21BrN2O4/c1-13(15-5-3-4-6-16(15)21)23-20(25)10-8-14-7-9-17(18(11-14)26-2)27-12-19(22)24/h3-11,13H,12H2,1-2H3,(H2,22,24)(H,23,25)/b10-8+. The molecule has 3 N–H and O–H groups in total. The Labute approximate surface area is 166 Å². The first-order chi connectivity index (χ1) is 12.9. The molecule has 6 nitrogen and oxygen atoms in total. The predicted octanol–water partition coefficient (Wildman–Crippen LogP) is 3.21. The zero-order valence-corrected chi connectivity index (χ0v) is 16.7.